The van der Waals surface area contributed by atoms with Crippen LogP contribution in [0.5, 0.6) is 5.75 Å². The average molecular weight is 460 g/mol. The monoisotopic (exact) mass is 459 g/mol. The SMILES string of the molecule is O=C(CN1CCN(S(=O)(=O)c2cccc(Cl)c2)CC1)Nc1ccc(OC(F)F)cc1. The largest absolute Gasteiger partial charge is 0.435 e. The van der Waals surface area contributed by atoms with Crippen molar-refractivity contribution >= 4 is 33.2 Å². The zero-order chi connectivity index (χ0) is 21.7. The van der Waals surface area contributed by atoms with Gasteiger partial charge in [0.1, 0.15) is 5.75 Å². The number of benzene rings is 2. The molecule has 1 heterocycles. The van der Waals surface area contributed by atoms with Crippen molar-refractivity contribution in [2.45, 2.75) is 11.5 Å². The second kappa shape index (κ2) is 9.69. The number of anilines is 1. The van der Waals surface area contributed by atoms with Crippen LogP contribution in [-0.2, 0) is 14.8 Å². The number of carbonyl (C=O) groups excluding carboxylic acids is 1. The van der Waals surface area contributed by atoms with Crippen LogP contribution in [0.25, 0.3) is 0 Å². The zero-order valence-electron chi connectivity index (χ0n) is 15.8. The van der Waals surface area contributed by atoms with Crippen LogP contribution in [0.15, 0.2) is 53.4 Å². The maximum Gasteiger partial charge on any atom is 0.387 e. The summed E-state index contributed by atoms with van der Waals surface area (Å²) >= 11 is 5.89. The van der Waals surface area contributed by atoms with Gasteiger partial charge in [-0.3, -0.25) is 9.69 Å². The number of ether oxygens (including phenoxy) is 1. The highest BCUT2D eigenvalue weighted by Gasteiger charge is 2.29. The molecule has 30 heavy (non-hydrogen) atoms. The molecule has 0 saturated carbocycles. The predicted octanol–water partition coefficient (Wildman–Crippen LogP) is 2.89. The Morgan fingerprint density at radius 1 is 1.10 bits per heavy atom. The molecule has 0 spiro atoms. The molecule has 0 aliphatic carbocycles. The van der Waals surface area contributed by atoms with Gasteiger partial charge in [-0.15, -0.1) is 0 Å². The van der Waals surface area contributed by atoms with E-state index in [9.17, 15) is 22.0 Å². The van der Waals surface area contributed by atoms with Gasteiger partial charge in [0.15, 0.2) is 0 Å². The summed E-state index contributed by atoms with van der Waals surface area (Å²) in [5.41, 5.74) is 0.448. The van der Waals surface area contributed by atoms with Crippen LogP contribution in [0.2, 0.25) is 5.02 Å². The number of hydrogen-bond donors (Lipinski definition) is 1. The molecule has 0 unspecified atom stereocenters. The van der Waals surface area contributed by atoms with Crippen molar-refractivity contribution in [1.82, 2.24) is 9.21 Å². The molecule has 0 radical (unpaired) electrons. The second-order valence-electron chi connectivity index (χ2n) is 6.59. The van der Waals surface area contributed by atoms with Gasteiger partial charge in [0.05, 0.1) is 11.4 Å². The molecule has 11 heteroatoms. The number of nitrogens with one attached hydrogen (secondary N) is 1. The quantitative estimate of drug-likeness (QED) is 0.688. The van der Waals surface area contributed by atoms with E-state index in [1.165, 1.54) is 40.7 Å². The summed E-state index contributed by atoms with van der Waals surface area (Å²) in [5, 5.41) is 3.02. The van der Waals surface area contributed by atoms with Crippen molar-refractivity contribution in [3.63, 3.8) is 0 Å². The minimum Gasteiger partial charge on any atom is -0.435 e. The van der Waals surface area contributed by atoms with Crippen molar-refractivity contribution in [3.8, 4) is 5.75 Å². The Morgan fingerprint density at radius 2 is 1.77 bits per heavy atom. The molecule has 162 valence electrons. The molecule has 1 aliphatic heterocycles. The maximum absolute atomic E-state index is 12.7. The van der Waals surface area contributed by atoms with Crippen LogP contribution in [-0.4, -0.2) is 62.9 Å². The fourth-order valence-electron chi connectivity index (χ4n) is 3.03. The van der Waals surface area contributed by atoms with E-state index in [0.717, 1.165) is 0 Å². The molecule has 0 atom stereocenters. The van der Waals surface area contributed by atoms with E-state index in [0.29, 0.717) is 23.8 Å². The normalized spacial score (nSPS) is 15.9. The highest BCUT2D eigenvalue weighted by molar-refractivity contribution is 7.89. The number of rotatable bonds is 7. The van der Waals surface area contributed by atoms with E-state index in [2.05, 4.69) is 10.1 Å². The number of halogens is 3. The third-order valence-electron chi connectivity index (χ3n) is 4.50. The molecule has 1 N–H and O–H groups in total. The van der Waals surface area contributed by atoms with E-state index >= 15 is 0 Å². The van der Waals surface area contributed by atoms with Gasteiger partial charge in [-0.1, -0.05) is 17.7 Å². The van der Waals surface area contributed by atoms with Crippen LogP contribution in [0.1, 0.15) is 0 Å². The number of piperazine rings is 1. The summed E-state index contributed by atoms with van der Waals surface area (Å²) < 4.78 is 55.4. The summed E-state index contributed by atoms with van der Waals surface area (Å²) in [4.78, 5) is 14.2. The lowest BCUT2D eigenvalue weighted by atomic mass is 10.3. The van der Waals surface area contributed by atoms with E-state index < -0.39 is 16.6 Å². The standard InChI is InChI=1S/C19H20ClF2N3O4S/c20-14-2-1-3-17(12-14)30(27,28)25-10-8-24(9-11-25)13-18(26)23-15-4-6-16(7-5-15)29-19(21)22/h1-7,12,19H,8-11,13H2,(H,23,26). The number of alkyl halides is 2. The topological polar surface area (TPSA) is 79.0 Å². The Morgan fingerprint density at radius 3 is 2.37 bits per heavy atom. The first kappa shape index (κ1) is 22.4. The molecule has 2 aromatic rings. The van der Waals surface area contributed by atoms with Crippen LogP contribution in [0.3, 0.4) is 0 Å². The first-order chi connectivity index (χ1) is 14.2. The van der Waals surface area contributed by atoms with Gasteiger partial charge in [0.25, 0.3) is 0 Å². The Labute approximate surface area is 178 Å². The zero-order valence-corrected chi connectivity index (χ0v) is 17.4. The molecule has 7 nitrogen and oxygen atoms in total. The summed E-state index contributed by atoms with van der Waals surface area (Å²) in [7, 11) is -3.64. The first-order valence-corrected chi connectivity index (χ1v) is 10.9. The third-order valence-corrected chi connectivity index (χ3v) is 6.63. The van der Waals surface area contributed by atoms with Gasteiger partial charge in [-0.25, -0.2) is 8.42 Å². The fourth-order valence-corrected chi connectivity index (χ4v) is 4.75. The minimum absolute atomic E-state index is 0.0000313. The Bertz CT molecular complexity index is 982. The van der Waals surface area contributed by atoms with Crippen molar-refractivity contribution < 1.29 is 26.7 Å². The summed E-state index contributed by atoms with van der Waals surface area (Å²) in [6.07, 6.45) is 0. The molecule has 1 aliphatic rings. The molecular weight excluding hydrogens is 440 g/mol. The van der Waals surface area contributed by atoms with E-state index in [-0.39, 0.29) is 36.2 Å². The number of amides is 1. The maximum atomic E-state index is 12.7. The minimum atomic E-state index is -3.64. The summed E-state index contributed by atoms with van der Waals surface area (Å²) in [6, 6.07) is 11.7. The van der Waals surface area contributed by atoms with Crippen molar-refractivity contribution in [1.29, 1.82) is 0 Å². The van der Waals surface area contributed by atoms with Gasteiger partial charge in [0, 0.05) is 36.9 Å². The fraction of sp³-hybridized carbons (Fsp3) is 0.316. The first-order valence-electron chi connectivity index (χ1n) is 9.07. The van der Waals surface area contributed by atoms with Crippen LogP contribution >= 0.6 is 11.6 Å². The lowest BCUT2D eigenvalue weighted by Gasteiger charge is -2.33. The van der Waals surface area contributed by atoms with Crippen LogP contribution in [0.4, 0.5) is 14.5 Å². The molecule has 3 rings (SSSR count). The predicted molar refractivity (Wildman–Crippen MR) is 108 cm³/mol. The van der Waals surface area contributed by atoms with Crippen LogP contribution in [0, 0.1) is 0 Å². The van der Waals surface area contributed by atoms with Crippen molar-refractivity contribution in [2.75, 3.05) is 38.0 Å². The molecule has 1 fully saturated rings. The lowest BCUT2D eigenvalue weighted by Crippen LogP contribution is -2.50. The molecule has 0 aromatic heterocycles. The lowest BCUT2D eigenvalue weighted by molar-refractivity contribution is -0.117. The van der Waals surface area contributed by atoms with Gasteiger partial charge < -0.3 is 10.1 Å². The second-order valence-corrected chi connectivity index (χ2v) is 8.96. The Kier molecular flexibility index (Phi) is 7.24. The Hall–Kier alpha value is -2.27. The molecule has 1 saturated heterocycles. The number of hydrogen-bond acceptors (Lipinski definition) is 5. The summed E-state index contributed by atoms with van der Waals surface area (Å²) in [5.74, 6) is -0.288. The molecule has 1 amide bonds. The van der Waals surface area contributed by atoms with Crippen LogP contribution < -0.4 is 10.1 Å². The van der Waals surface area contributed by atoms with E-state index in [1.807, 2.05) is 4.90 Å². The molecule has 2 aromatic carbocycles. The highest BCUT2D eigenvalue weighted by atomic mass is 35.5. The number of nitrogens with zero attached hydrogens (tertiary/aromatic N) is 2. The van der Waals surface area contributed by atoms with Crippen molar-refractivity contribution in [2.24, 2.45) is 0 Å². The third kappa shape index (κ3) is 5.88. The van der Waals surface area contributed by atoms with Gasteiger partial charge in [-0.2, -0.15) is 13.1 Å². The summed E-state index contributed by atoms with van der Waals surface area (Å²) in [6.45, 7) is -1.53. The average Bonchev–Trinajstić information content (AvgIpc) is 2.69. The van der Waals surface area contributed by atoms with E-state index in [4.69, 9.17) is 11.6 Å². The van der Waals surface area contributed by atoms with E-state index in [1.54, 1.807) is 12.1 Å². The number of carbonyl (C=O) groups is 1. The molecular formula is C19H20ClF2N3O4S. The number of sulfonamides is 1. The van der Waals surface area contributed by atoms with Gasteiger partial charge in [-0.05, 0) is 42.5 Å². The Balaban J connectivity index is 1.50. The van der Waals surface area contributed by atoms with Gasteiger partial charge >= 0.3 is 6.61 Å². The smallest absolute Gasteiger partial charge is 0.387 e. The highest BCUT2D eigenvalue weighted by Crippen LogP contribution is 2.21. The molecule has 0 bridgehead atoms. The van der Waals surface area contributed by atoms with Gasteiger partial charge in [0.2, 0.25) is 15.9 Å². The van der Waals surface area contributed by atoms with Crippen molar-refractivity contribution in [3.05, 3.63) is 53.6 Å².